The first-order chi connectivity index (χ1) is 13.4. The molecule has 0 bridgehead atoms. The summed E-state index contributed by atoms with van der Waals surface area (Å²) in [6.45, 7) is 0. The smallest absolute Gasteiger partial charge is 0.174 e. The van der Waals surface area contributed by atoms with E-state index in [-0.39, 0.29) is 0 Å². The standard InChI is InChI=1S/C21H12N4S2/c1-3-7-15-13(5-1)14-6-2-4-8-16(14)25(15)18-19-17(9-10-26-19)27-20(18)21-23-11-22-12-24-21/h1-12H. The third kappa shape index (κ3) is 2.11. The molecule has 27 heavy (non-hydrogen) atoms. The first-order valence-electron chi connectivity index (χ1n) is 8.53. The molecule has 0 saturated heterocycles. The van der Waals surface area contributed by atoms with Crippen molar-refractivity contribution >= 4 is 53.9 Å². The van der Waals surface area contributed by atoms with Gasteiger partial charge in [-0.15, -0.1) is 22.7 Å². The number of aromatic nitrogens is 4. The Bertz CT molecular complexity index is 1370. The van der Waals surface area contributed by atoms with Crippen molar-refractivity contribution < 1.29 is 0 Å². The molecule has 2 aromatic carbocycles. The molecule has 0 N–H and O–H groups in total. The highest BCUT2D eigenvalue weighted by Gasteiger charge is 2.22. The van der Waals surface area contributed by atoms with Crippen LogP contribution >= 0.6 is 22.7 Å². The lowest BCUT2D eigenvalue weighted by Gasteiger charge is -2.09. The highest BCUT2D eigenvalue weighted by atomic mass is 32.1. The summed E-state index contributed by atoms with van der Waals surface area (Å²) in [6, 6.07) is 19.3. The van der Waals surface area contributed by atoms with Gasteiger partial charge in [0.05, 0.1) is 26.3 Å². The topological polar surface area (TPSA) is 43.6 Å². The van der Waals surface area contributed by atoms with Gasteiger partial charge in [0.15, 0.2) is 5.82 Å². The third-order valence-electron chi connectivity index (χ3n) is 4.77. The summed E-state index contributed by atoms with van der Waals surface area (Å²) < 4.78 is 4.88. The van der Waals surface area contributed by atoms with Gasteiger partial charge >= 0.3 is 0 Å². The van der Waals surface area contributed by atoms with Gasteiger partial charge in [-0.05, 0) is 23.6 Å². The first-order valence-corrected chi connectivity index (χ1v) is 10.2. The van der Waals surface area contributed by atoms with Crippen LogP contribution in [0.5, 0.6) is 0 Å². The van der Waals surface area contributed by atoms with Crippen molar-refractivity contribution in [2.24, 2.45) is 0 Å². The number of thiophene rings is 2. The van der Waals surface area contributed by atoms with E-state index in [1.165, 1.54) is 31.2 Å². The van der Waals surface area contributed by atoms with Gasteiger partial charge < -0.3 is 4.57 Å². The fraction of sp³-hybridized carbons (Fsp3) is 0. The predicted octanol–water partition coefficient (Wildman–Crippen LogP) is 5.91. The van der Waals surface area contributed by atoms with Crippen molar-refractivity contribution in [3.8, 4) is 16.4 Å². The number of rotatable bonds is 2. The number of benzene rings is 2. The number of hydrogen-bond donors (Lipinski definition) is 0. The lowest BCUT2D eigenvalue weighted by molar-refractivity contribution is 1.06. The lowest BCUT2D eigenvalue weighted by atomic mass is 10.2. The molecule has 4 nitrogen and oxygen atoms in total. The van der Waals surface area contributed by atoms with Crippen LogP contribution in [0.25, 0.3) is 47.6 Å². The number of para-hydroxylation sites is 2. The van der Waals surface area contributed by atoms with E-state index in [1.54, 1.807) is 35.3 Å². The lowest BCUT2D eigenvalue weighted by Crippen LogP contribution is -1.96. The number of hydrogen-bond acceptors (Lipinski definition) is 5. The molecule has 0 aliphatic rings. The molecule has 0 spiro atoms. The van der Waals surface area contributed by atoms with Crippen LogP contribution < -0.4 is 0 Å². The average Bonchev–Trinajstić information content (AvgIpc) is 3.40. The minimum Gasteiger partial charge on any atom is -0.306 e. The maximum absolute atomic E-state index is 4.43. The largest absolute Gasteiger partial charge is 0.306 e. The van der Waals surface area contributed by atoms with E-state index in [1.807, 2.05) is 0 Å². The summed E-state index contributed by atoms with van der Waals surface area (Å²) in [5, 5.41) is 4.66. The first kappa shape index (κ1) is 15.0. The minimum atomic E-state index is 0.718. The van der Waals surface area contributed by atoms with Gasteiger partial charge in [0.2, 0.25) is 0 Å². The predicted molar refractivity (Wildman–Crippen MR) is 113 cm³/mol. The Morgan fingerprint density at radius 1 is 0.778 bits per heavy atom. The average molecular weight is 384 g/mol. The van der Waals surface area contributed by atoms with E-state index in [9.17, 15) is 0 Å². The summed E-state index contributed by atoms with van der Waals surface area (Å²) >= 11 is 3.50. The van der Waals surface area contributed by atoms with Gasteiger partial charge in [0.25, 0.3) is 0 Å². The zero-order valence-electron chi connectivity index (χ0n) is 14.0. The molecule has 0 atom stereocenters. The summed E-state index contributed by atoms with van der Waals surface area (Å²) in [5.41, 5.74) is 3.55. The van der Waals surface area contributed by atoms with Gasteiger partial charge in [-0.25, -0.2) is 15.0 Å². The van der Waals surface area contributed by atoms with Crippen LogP contribution in [0.15, 0.2) is 72.6 Å². The minimum absolute atomic E-state index is 0.718. The highest BCUT2D eigenvalue weighted by Crippen LogP contribution is 2.45. The Balaban J connectivity index is 1.83. The second-order valence-electron chi connectivity index (χ2n) is 6.23. The molecule has 6 aromatic rings. The Kier molecular flexibility index (Phi) is 3.17. The van der Waals surface area contributed by atoms with E-state index >= 15 is 0 Å². The van der Waals surface area contributed by atoms with Crippen LogP contribution in [0.4, 0.5) is 0 Å². The maximum atomic E-state index is 4.43. The van der Waals surface area contributed by atoms with Gasteiger partial charge in [-0.1, -0.05) is 36.4 Å². The Hall–Kier alpha value is -3.09. The van der Waals surface area contributed by atoms with Crippen LogP contribution in [-0.4, -0.2) is 19.5 Å². The summed E-state index contributed by atoms with van der Waals surface area (Å²) in [7, 11) is 0. The molecule has 4 heterocycles. The van der Waals surface area contributed by atoms with E-state index in [0.717, 1.165) is 16.4 Å². The molecular weight excluding hydrogens is 372 g/mol. The highest BCUT2D eigenvalue weighted by molar-refractivity contribution is 7.29. The Morgan fingerprint density at radius 2 is 1.44 bits per heavy atom. The second-order valence-corrected chi connectivity index (χ2v) is 8.19. The molecule has 6 rings (SSSR count). The molecule has 6 heteroatoms. The van der Waals surface area contributed by atoms with E-state index in [2.05, 4.69) is 79.5 Å². The molecular formula is C21H12N4S2. The van der Waals surface area contributed by atoms with Crippen LogP contribution in [0.1, 0.15) is 0 Å². The van der Waals surface area contributed by atoms with Crippen molar-refractivity contribution in [2.75, 3.05) is 0 Å². The fourth-order valence-corrected chi connectivity index (χ4v) is 5.97. The molecule has 0 aliphatic carbocycles. The monoisotopic (exact) mass is 384 g/mol. The SMILES string of the molecule is c1ccc2c(c1)c1ccccc1n2-c1c(-c2ncncn2)sc2ccsc12. The summed E-state index contributed by atoms with van der Waals surface area (Å²) in [4.78, 5) is 13.9. The number of nitrogens with zero attached hydrogens (tertiary/aromatic N) is 4. The third-order valence-corrected chi connectivity index (χ3v) is 6.96. The molecule has 0 aliphatic heterocycles. The normalized spacial score (nSPS) is 11.7. The fourth-order valence-electron chi connectivity index (χ4n) is 3.69. The zero-order valence-corrected chi connectivity index (χ0v) is 15.7. The zero-order chi connectivity index (χ0) is 17.8. The van der Waals surface area contributed by atoms with Gasteiger partial charge in [-0.2, -0.15) is 0 Å². The van der Waals surface area contributed by atoms with E-state index < -0.39 is 0 Å². The molecule has 0 unspecified atom stereocenters. The second kappa shape index (κ2) is 5.70. The van der Waals surface area contributed by atoms with Crippen molar-refractivity contribution in [3.05, 3.63) is 72.6 Å². The maximum Gasteiger partial charge on any atom is 0.174 e. The van der Waals surface area contributed by atoms with Gasteiger partial charge in [-0.3, -0.25) is 0 Å². The Morgan fingerprint density at radius 3 is 2.15 bits per heavy atom. The van der Waals surface area contributed by atoms with Crippen molar-refractivity contribution in [3.63, 3.8) is 0 Å². The molecule has 0 fully saturated rings. The van der Waals surface area contributed by atoms with Crippen LogP contribution in [0, 0.1) is 0 Å². The van der Waals surface area contributed by atoms with Crippen LogP contribution in [0.3, 0.4) is 0 Å². The van der Waals surface area contributed by atoms with Crippen molar-refractivity contribution in [2.45, 2.75) is 0 Å². The molecule has 0 radical (unpaired) electrons. The van der Waals surface area contributed by atoms with Gasteiger partial charge in [0.1, 0.15) is 12.7 Å². The quantitative estimate of drug-likeness (QED) is 0.373. The van der Waals surface area contributed by atoms with Gasteiger partial charge in [0, 0.05) is 15.5 Å². The molecule has 0 amide bonds. The van der Waals surface area contributed by atoms with E-state index in [0.29, 0.717) is 0 Å². The molecule has 128 valence electrons. The summed E-state index contributed by atoms with van der Waals surface area (Å²) in [6.07, 6.45) is 3.12. The molecule has 4 aromatic heterocycles. The summed E-state index contributed by atoms with van der Waals surface area (Å²) in [5.74, 6) is 0.718. The van der Waals surface area contributed by atoms with Crippen molar-refractivity contribution in [1.82, 2.24) is 19.5 Å². The number of fused-ring (bicyclic) bond motifs is 4. The van der Waals surface area contributed by atoms with Crippen molar-refractivity contribution in [1.29, 1.82) is 0 Å². The Labute approximate surface area is 162 Å². The molecule has 0 saturated carbocycles. The van der Waals surface area contributed by atoms with Crippen LogP contribution in [-0.2, 0) is 0 Å². The van der Waals surface area contributed by atoms with E-state index in [4.69, 9.17) is 0 Å². The van der Waals surface area contributed by atoms with Crippen LogP contribution in [0.2, 0.25) is 0 Å².